The molecule has 0 saturated carbocycles. The minimum Gasteiger partial charge on any atom is -0.494 e. The van der Waals surface area contributed by atoms with Gasteiger partial charge in [0.2, 0.25) is 0 Å². The third-order valence-corrected chi connectivity index (χ3v) is 7.89. The average Bonchev–Trinajstić information content (AvgIpc) is 3.10. The Bertz CT molecular complexity index is 2030. The number of carbonyl (C=O) groups excluding carboxylic acids is 1. The van der Waals surface area contributed by atoms with Gasteiger partial charge in [-0.15, -0.1) is 0 Å². The maximum absolute atomic E-state index is 11.1. The Morgan fingerprint density at radius 1 is 0.667 bits per heavy atom. The first-order chi connectivity index (χ1) is 23.4. The number of carbonyl (C=O) groups is 1. The highest BCUT2D eigenvalue weighted by molar-refractivity contribution is 5.86. The van der Waals surface area contributed by atoms with Crippen molar-refractivity contribution in [3.63, 3.8) is 0 Å². The van der Waals surface area contributed by atoms with Crippen molar-refractivity contribution in [1.29, 1.82) is 0 Å². The number of hydrogen-bond donors (Lipinski definition) is 0. The van der Waals surface area contributed by atoms with Crippen molar-refractivity contribution in [1.82, 2.24) is 0 Å². The molecule has 0 aliphatic heterocycles. The molecule has 0 amide bonds. The molecule has 242 valence electrons. The highest BCUT2D eigenvalue weighted by Crippen LogP contribution is 2.24. The third-order valence-electron chi connectivity index (χ3n) is 7.89. The lowest BCUT2D eigenvalue weighted by Gasteiger charge is -2.10. The van der Waals surface area contributed by atoms with E-state index >= 15 is 0 Å². The standard InChI is InChI=1S/C44H42O4/c1-5-36-27-33(11-12-34-15-20-41-31-43(48-32(3)4)24-22-39(41)28-34)13-17-37(36)18-14-35-16-19-40-30-42(23-21-38(40)29-35)46-25-9-7-8-10-26-47-44(45)6-2/h6,13,15-17,19-24,27-32H,2,5,7-10,25-26H2,1,3-4H3. The van der Waals surface area contributed by atoms with Crippen molar-refractivity contribution in [3.8, 4) is 35.2 Å². The molecule has 4 heteroatoms. The van der Waals surface area contributed by atoms with Gasteiger partial charge in [-0.25, -0.2) is 4.79 Å². The van der Waals surface area contributed by atoms with Gasteiger partial charge < -0.3 is 14.2 Å². The molecule has 0 aliphatic rings. The zero-order valence-electron chi connectivity index (χ0n) is 28.1. The fraction of sp³-hybridized carbons (Fsp3) is 0.250. The normalized spacial score (nSPS) is 10.6. The summed E-state index contributed by atoms with van der Waals surface area (Å²) in [5.41, 5.74) is 5.14. The zero-order chi connectivity index (χ0) is 33.7. The summed E-state index contributed by atoms with van der Waals surface area (Å²) in [6.07, 6.45) is 6.05. The number of ether oxygens (including phenoxy) is 3. The van der Waals surface area contributed by atoms with E-state index in [4.69, 9.17) is 14.2 Å². The minimum atomic E-state index is -0.364. The fourth-order valence-electron chi connectivity index (χ4n) is 5.39. The van der Waals surface area contributed by atoms with Crippen molar-refractivity contribution in [2.45, 2.75) is 59.0 Å². The van der Waals surface area contributed by atoms with Crippen molar-refractivity contribution < 1.29 is 19.0 Å². The van der Waals surface area contributed by atoms with Gasteiger partial charge in [-0.1, -0.05) is 61.4 Å². The lowest BCUT2D eigenvalue weighted by atomic mass is 10.0. The van der Waals surface area contributed by atoms with Gasteiger partial charge in [-0.05, 0) is 140 Å². The number of esters is 1. The smallest absolute Gasteiger partial charge is 0.330 e. The summed E-state index contributed by atoms with van der Waals surface area (Å²) in [5.74, 6) is 14.8. The van der Waals surface area contributed by atoms with E-state index in [0.29, 0.717) is 13.2 Å². The Morgan fingerprint density at radius 2 is 1.21 bits per heavy atom. The van der Waals surface area contributed by atoms with E-state index in [1.54, 1.807) is 0 Å². The number of unbranched alkanes of at least 4 members (excludes halogenated alkanes) is 3. The second-order valence-corrected chi connectivity index (χ2v) is 12.0. The fourth-order valence-corrected chi connectivity index (χ4v) is 5.39. The number of benzene rings is 5. The van der Waals surface area contributed by atoms with E-state index in [1.165, 1.54) is 11.6 Å². The van der Waals surface area contributed by atoms with Gasteiger partial charge in [-0.2, -0.15) is 0 Å². The quantitative estimate of drug-likeness (QED) is 0.0593. The highest BCUT2D eigenvalue weighted by atomic mass is 16.5. The van der Waals surface area contributed by atoms with Gasteiger partial charge in [0.05, 0.1) is 19.3 Å². The third kappa shape index (κ3) is 9.78. The summed E-state index contributed by atoms with van der Waals surface area (Å²) in [6.45, 7) is 10.7. The van der Waals surface area contributed by atoms with Crippen LogP contribution < -0.4 is 9.47 Å². The van der Waals surface area contributed by atoms with Gasteiger partial charge in [0.25, 0.3) is 0 Å². The molecule has 5 aromatic carbocycles. The first-order valence-electron chi connectivity index (χ1n) is 16.7. The molecule has 48 heavy (non-hydrogen) atoms. The van der Waals surface area contributed by atoms with Gasteiger partial charge in [0, 0.05) is 28.3 Å². The molecule has 0 N–H and O–H groups in total. The van der Waals surface area contributed by atoms with E-state index in [9.17, 15) is 4.79 Å². The van der Waals surface area contributed by atoms with Crippen LogP contribution >= 0.6 is 0 Å². The number of fused-ring (bicyclic) bond motifs is 2. The Hall–Kier alpha value is -5.45. The van der Waals surface area contributed by atoms with Crippen LogP contribution in [0.25, 0.3) is 21.5 Å². The first kappa shape index (κ1) is 33.9. The van der Waals surface area contributed by atoms with Crippen LogP contribution in [0.3, 0.4) is 0 Å². The van der Waals surface area contributed by atoms with Crippen LogP contribution in [0.2, 0.25) is 0 Å². The Morgan fingerprint density at radius 3 is 1.85 bits per heavy atom. The van der Waals surface area contributed by atoms with E-state index in [0.717, 1.165) is 87.4 Å². The lowest BCUT2D eigenvalue weighted by Crippen LogP contribution is -2.05. The molecule has 0 fully saturated rings. The molecule has 0 aliphatic carbocycles. The van der Waals surface area contributed by atoms with Gasteiger partial charge in [0.1, 0.15) is 11.5 Å². The summed E-state index contributed by atoms with van der Waals surface area (Å²) in [7, 11) is 0. The van der Waals surface area contributed by atoms with E-state index in [-0.39, 0.29) is 12.1 Å². The summed E-state index contributed by atoms with van der Waals surface area (Å²) >= 11 is 0. The maximum atomic E-state index is 11.1. The van der Waals surface area contributed by atoms with Gasteiger partial charge in [0.15, 0.2) is 0 Å². The topological polar surface area (TPSA) is 44.8 Å². The van der Waals surface area contributed by atoms with Crippen LogP contribution in [0, 0.1) is 23.7 Å². The Balaban J connectivity index is 1.18. The van der Waals surface area contributed by atoms with Crippen molar-refractivity contribution in [3.05, 3.63) is 131 Å². The SMILES string of the molecule is C=CC(=O)OCCCCCCOc1ccc2cc(C#Cc3ccc(C#Cc4ccc5cc(OC(C)C)ccc5c4)cc3CC)ccc2c1. The zero-order valence-corrected chi connectivity index (χ0v) is 28.1. The van der Waals surface area contributed by atoms with E-state index in [1.807, 2.05) is 26.0 Å². The van der Waals surface area contributed by atoms with E-state index < -0.39 is 0 Å². The van der Waals surface area contributed by atoms with Crippen molar-refractivity contribution >= 4 is 27.5 Å². The van der Waals surface area contributed by atoms with Crippen LogP contribution in [0.1, 0.15) is 74.3 Å². The predicted molar refractivity (Wildman–Crippen MR) is 197 cm³/mol. The number of aryl methyl sites for hydroxylation is 1. The van der Waals surface area contributed by atoms with Crippen molar-refractivity contribution in [2.75, 3.05) is 13.2 Å². The molecule has 0 aromatic heterocycles. The summed E-state index contributed by atoms with van der Waals surface area (Å²) in [5, 5.41) is 4.53. The van der Waals surface area contributed by atoms with Crippen LogP contribution in [0.4, 0.5) is 0 Å². The molecule has 4 nitrogen and oxygen atoms in total. The molecule has 5 rings (SSSR count). The van der Waals surface area contributed by atoms with Gasteiger partial charge in [-0.3, -0.25) is 0 Å². The highest BCUT2D eigenvalue weighted by Gasteiger charge is 2.04. The molecular weight excluding hydrogens is 592 g/mol. The van der Waals surface area contributed by atoms with Crippen LogP contribution in [0.5, 0.6) is 11.5 Å². The lowest BCUT2D eigenvalue weighted by molar-refractivity contribution is -0.137. The average molecular weight is 635 g/mol. The van der Waals surface area contributed by atoms with Crippen LogP contribution in [-0.2, 0) is 16.0 Å². The molecule has 0 spiro atoms. The van der Waals surface area contributed by atoms with E-state index in [2.05, 4.69) is 116 Å². The second-order valence-electron chi connectivity index (χ2n) is 12.0. The van der Waals surface area contributed by atoms with Gasteiger partial charge >= 0.3 is 5.97 Å². The molecule has 0 atom stereocenters. The minimum absolute atomic E-state index is 0.148. The predicted octanol–water partition coefficient (Wildman–Crippen LogP) is 9.81. The molecule has 0 bridgehead atoms. The summed E-state index contributed by atoms with van der Waals surface area (Å²) in [6, 6.07) is 31.2. The molecular formula is C44H42O4. The van der Waals surface area contributed by atoms with Crippen molar-refractivity contribution in [2.24, 2.45) is 0 Å². The first-order valence-corrected chi connectivity index (χ1v) is 16.7. The largest absolute Gasteiger partial charge is 0.494 e. The Kier molecular flexibility index (Phi) is 11.9. The second kappa shape index (κ2) is 16.9. The molecule has 0 heterocycles. The molecule has 0 radical (unpaired) electrons. The van der Waals surface area contributed by atoms with Crippen LogP contribution in [-0.4, -0.2) is 25.3 Å². The maximum Gasteiger partial charge on any atom is 0.330 e. The number of hydrogen-bond acceptors (Lipinski definition) is 4. The molecule has 0 unspecified atom stereocenters. The molecule has 5 aromatic rings. The molecule has 0 saturated heterocycles. The summed E-state index contributed by atoms with van der Waals surface area (Å²) in [4.78, 5) is 11.1. The van der Waals surface area contributed by atoms with Crippen LogP contribution in [0.15, 0.2) is 104 Å². The Labute approximate surface area is 284 Å². The number of rotatable bonds is 12. The summed E-state index contributed by atoms with van der Waals surface area (Å²) < 4.78 is 16.8. The monoisotopic (exact) mass is 634 g/mol.